The summed E-state index contributed by atoms with van der Waals surface area (Å²) in [7, 11) is 4.98. The van der Waals surface area contributed by atoms with Crippen molar-refractivity contribution in [2.75, 3.05) is 39.5 Å². The summed E-state index contributed by atoms with van der Waals surface area (Å²) in [5.41, 5.74) is 5.74. The summed E-state index contributed by atoms with van der Waals surface area (Å²) in [5, 5.41) is 6.10. The first kappa shape index (κ1) is 32.3. The van der Waals surface area contributed by atoms with Gasteiger partial charge in [0.1, 0.15) is 5.75 Å². The number of nitrogens with one attached hydrogen (secondary N) is 2. The van der Waals surface area contributed by atoms with Crippen LogP contribution in [-0.2, 0) is 22.6 Å². The maximum Gasteiger partial charge on any atom is 0.287 e. The summed E-state index contributed by atoms with van der Waals surface area (Å²) in [5.74, 6) is 0.239. The molecule has 0 saturated heterocycles. The summed E-state index contributed by atoms with van der Waals surface area (Å²) >= 11 is 0. The number of amides is 3. The Labute approximate surface area is 280 Å². The lowest BCUT2D eigenvalue weighted by atomic mass is 9.90. The molecule has 0 radical (unpaired) electrons. The molecule has 0 saturated carbocycles. The molecule has 1 aliphatic heterocycles. The zero-order valence-corrected chi connectivity index (χ0v) is 27.4. The van der Waals surface area contributed by atoms with Crippen molar-refractivity contribution in [2.45, 2.75) is 31.4 Å². The van der Waals surface area contributed by atoms with Crippen LogP contribution in [0.1, 0.15) is 45.2 Å². The largest absolute Gasteiger partial charge is 0.478 e. The number of para-hydroxylation sites is 1. The third-order valence-electron chi connectivity index (χ3n) is 8.76. The highest BCUT2D eigenvalue weighted by Gasteiger charge is 2.34. The van der Waals surface area contributed by atoms with Gasteiger partial charge in [-0.15, -0.1) is 0 Å². The van der Waals surface area contributed by atoms with Gasteiger partial charge in [0.25, 0.3) is 11.8 Å². The topological polar surface area (TPSA) is 108 Å². The Balaban J connectivity index is 1.22. The zero-order valence-electron chi connectivity index (χ0n) is 27.4. The summed E-state index contributed by atoms with van der Waals surface area (Å²) in [6.45, 7) is 0.778. The maximum absolute atomic E-state index is 14.3. The number of pyridine rings is 1. The van der Waals surface area contributed by atoms with Crippen molar-refractivity contribution >= 4 is 28.9 Å². The number of anilines is 1. The lowest BCUT2D eigenvalue weighted by Gasteiger charge is -2.34. The van der Waals surface area contributed by atoms with Crippen molar-refractivity contribution in [1.82, 2.24) is 24.5 Å². The van der Waals surface area contributed by atoms with Gasteiger partial charge >= 0.3 is 0 Å². The van der Waals surface area contributed by atoms with Crippen LogP contribution in [0.4, 0.5) is 5.69 Å². The van der Waals surface area contributed by atoms with E-state index in [2.05, 4.69) is 39.9 Å². The zero-order chi connectivity index (χ0) is 33.6. The van der Waals surface area contributed by atoms with E-state index >= 15 is 0 Å². The molecule has 5 aromatic rings. The SMILES string of the molecule is CNC(=O)c1ncc2cc(CNc3cccc4c3O[C@@H](C(=O)N(CC(=O)N(C)C)CC(c3ccccc3)c3ccccc3)CC4)ccn12. The van der Waals surface area contributed by atoms with Crippen LogP contribution < -0.4 is 15.4 Å². The average molecular weight is 645 g/mol. The van der Waals surface area contributed by atoms with E-state index in [0.29, 0.717) is 37.5 Å². The van der Waals surface area contributed by atoms with Crippen LogP contribution in [0.2, 0.25) is 0 Å². The number of likely N-dealkylation sites (N-methyl/N-ethyl adjacent to an activating group) is 1. The third kappa shape index (κ3) is 7.02. The third-order valence-corrected chi connectivity index (χ3v) is 8.76. The lowest BCUT2D eigenvalue weighted by Crippen LogP contribution is -2.49. The highest BCUT2D eigenvalue weighted by atomic mass is 16.5. The van der Waals surface area contributed by atoms with Crippen molar-refractivity contribution in [3.63, 3.8) is 0 Å². The second kappa shape index (κ2) is 14.4. The minimum absolute atomic E-state index is 0.0483. The fourth-order valence-electron chi connectivity index (χ4n) is 6.09. The van der Waals surface area contributed by atoms with Crippen LogP contribution in [0.3, 0.4) is 0 Å². The van der Waals surface area contributed by atoms with Crippen LogP contribution in [0.5, 0.6) is 5.75 Å². The molecule has 6 rings (SSSR count). The van der Waals surface area contributed by atoms with Gasteiger partial charge in [-0.2, -0.15) is 0 Å². The number of rotatable bonds is 11. The molecule has 0 spiro atoms. The minimum Gasteiger partial charge on any atom is -0.478 e. The molecule has 246 valence electrons. The fraction of sp³-hybridized carbons (Fsp3) is 0.263. The predicted octanol–water partition coefficient (Wildman–Crippen LogP) is 4.75. The van der Waals surface area contributed by atoms with Gasteiger partial charge in [-0.1, -0.05) is 72.8 Å². The Bertz CT molecular complexity index is 1870. The van der Waals surface area contributed by atoms with Gasteiger partial charge in [-0.25, -0.2) is 4.98 Å². The minimum atomic E-state index is -0.742. The second-order valence-electron chi connectivity index (χ2n) is 12.2. The molecule has 1 aliphatic rings. The van der Waals surface area contributed by atoms with Crippen molar-refractivity contribution < 1.29 is 19.1 Å². The van der Waals surface area contributed by atoms with Gasteiger partial charge in [-0.3, -0.25) is 18.8 Å². The summed E-state index contributed by atoms with van der Waals surface area (Å²) < 4.78 is 8.25. The Kier molecular flexibility index (Phi) is 9.70. The van der Waals surface area contributed by atoms with Crippen LogP contribution in [0.15, 0.2) is 103 Å². The van der Waals surface area contributed by atoms with Gasteiger partial charge in [0.05, 0.1) is 23.9 Å². The average Bonchev–Trinajstić information content (AvgIpc) is 3.55. The number of benzene rings is 3. The van der Waals surface area contributed by atoms with E-state index in [1.807, 2.05) is 72.9 Å². The number of aryl methyl sites for hydroxylation is 1. The van der Waals surface area contributed by atoms with E-state index < -0.39 is 6.10 Å². The van der Waals surface area contributed by atoms with Crippen molar-refractivity contribution in [3.05, 3.63) is 131 Å². The Morgan fingerprint density at radius 3 is 2.33 bits per heavy atom. The van der Waals surface area contributed by atoms with Gasteiger partial charge < -0.3 is 25.2 Å². The van der Waals surface area contributed by atoms with Crippen molar-refractivity contribution in [2.24, 2.45) is 0 Å². The summed E-state index contributed by atoms with van der Waals surface area (Å²) in [6, 6.07) is 30.0. The molecule has 3 aromatic carbocycles. The maximum atomic E-state index is 14.3. The van der Waals surface area contributed by atoms with E-state index in [0.717, 1.165) is 33.5 Å². The van der Waals surface area contributed by atoms with Gasteiger partial charge in [0.2, 0.25) is 11.7 Å². The number of carbonyl (C=O) groups is 3. The first-order valence-electron chi connectivity index (χ1n) is 16.1. The van der Waals surface area contributed by atoms with Gasteiger partial charge in [-0.05, 0) is 53.3 Å². The molecule has 0 fully saturated rings. The number of fused-ring (bicyclic) bond motifs is 2. The molecular formula is C38H40N6O4. The molecule has 3 heterocycles. The number of aromatic nitrogens is 2. The molecule has 0 aliphatic carbocycles. The summed E-state index contributed by atoms with van der Waals surface area (Å²) in [4.78, 5) is 46.9. The molecular weight excluding hydrogens is 604 g/mol. The normalized spacial score (nSPS) is 13.8. The quantitative estimate of drug-likeness (QED) is 0.215. The number of hydrogen-bond acceptors (Lipinski definition) is 6. The highest BCUT2D eigenvalue weighted by molar-refractivity contribution is 5.91. The first-order valence-corrected chi connectivity index (χ1v) is 16.1. The summed E-state index contributed by atoms with van der Waals surface area (Å²) in [6.07, 6.45) is 3.94. The van der Waals surface area contributed by atoms with Gasteiger partial charge in [0.15, 0.2) is 6.10 Å². The van der Waals surface area contributed by atoms with Crippen molar-refractivity contribution in [1.29, 1.82) is 0 Å². The smallest absolute Gasteiger partial charge is 0.287 e. The predicted molar refractivity (Wildman–Crippen MR) is 185 cm³/mol. The van der Waals surface area contributed by atoms with Crippen molar-refractivity contribution in [3.8, 4) is 5.75 Å². The fourth-order valence-corrected chi connectivity index (χ4v) is 6.09. The van der Waals surface area contributed by atoms with E-state index in [9.17, 15) is 14.4 Å². The Morgan fingerprint density at radius 2 is 1.67 bits per heavy atom. The highest BCUT2D eigenvalue weighted by Crippen LogP contribution is 2.36. The molecule has 48 heavy (non-hydrogen) atoms. The number of carbonyl (C=O) groups excluding carboxylic acids is 3. The monoisotopic (exact) mass is 644 g/mol. The Morgan fingerprint density at radius 1 is 0.958 bits per heavy atom. The van der Waals surface area contributed by atoms with E-state index in [1.165, 1.54) is 4.90 Å². The molecule has 0 bridgehead atoms. The van der Waals surface area contributed by atoms with E-state index in [-0.39, 0.29) is 30.2 Å². The second-order valence-corrected chi connectivity index (χ2v) is 12.2. The van der Waals surface area contributed by atoms with E-state index in [1.54, 1.807) is 36.6 Å². The molecule has 2 aromatic heterocycles. The van der Waals surface area contributed by atoms with Crippen LogP contribution in [-0.4, -0.2) is 77.2 Å². The Hall–Kier alpha value is -5.64. The van der Waals surface area contributed by atoms with E-state index in [4.69, 9.17) is 4.74 Å². The standard InChI is InChI=1S/C38H40N6O4/c1-39-37(46)36-41-23-30-21-26(19-20-44(30)36)22-40-32-16-10-15-29-17-18-33(48-35(29)32)38(47)43(25-34(45)42(2)3)24-31(27-11-6-4-7-12-27)28-13-8-5-9-14-28/h4-16,19-21,23,31,33,40H,17-18,22,24-25H2,1-3H3,(H,39,46)/t33-/m1/s1. The first-order chi connectivity index (χ1) is 23.3. The molecule has 10 nitrogen and oxygen atoms in total. The number of hydrogen-bond donors (Lipinski definition) is 2. The lowest BCUT2D eigenvalue weighted by molar-refractivity contribution is -0.144. The van der Waals surface area contributed by atoms with Gasteiger partial charge in [0, 0.05) is 46.3 Å². The number of nitrogens with zero attached hydrogens (tertiary/aromatic N) is 4. The molecule has 10 heteroatoms. The molecule has 0 unspecified atom stereocenters. The van der Waals surface area contributed by atoms with Crippen LogP contribution in [0, 0.1) is 0 Å². The van der Waals surface area contributed by atoms with Crippen LogP contribution in [0.25, 0.3) is 5.52 Å². The number of ether oxygens (including phenoxy) is 1. The number of imidazole rings is 1. The molecule has 3 amide bonds. The van der Waals surface area contributed by atoms with Crippen LogP contribution >= 0.6 is 0 Å². The molecule has 2 N–H and O–H groups in total. The molecule has 1 atom stereocenters.